The van der Waals surface area contributed by atoms with Gasteiger partial charge in [-0.3, -0.25) is 4.79 Å². The number of hydrogen-bond donors (Lipinski definition) is 2. The Morgan fingerprint density at radius 3 is 2.79 bits per heavy atom. The molecule has 1 atom stereocenters. The van der Waals surface area contributed by atoms with E-state index in [0.29, 0.717) is 18.8 Å². The van der Waals surface area contributed by atoms with Crippen molar-refractivity contribution < 1.29 is 4.79 Å². The number of likely N-dealkylation sites (N-methyl/N-ethyl adjacent to an activating group) is 1. The van der Waals surface area contributed by atoms with Crippen molar-refractivity contribution in [3.63, 3.8) is 0 Å². The minimum absolute atomic E-state index is 0.174. The number of nitrogens with one attached hydrogen (secondary N) is 1. The molecule has 0 saturated heterocycles. The van der Waals surface area contributed by atoms with Crippen LogP contribution in [0.5, 0.6) is 0 Å². The van der Waals surface area contributed by atoms with Crippen LogP contribution in [0.2, 0.25) is 0 Å². The van der Waals surface area contributed by atoms with Gasteiger partial charge in [0.1, 0.15) is 5.69 Å². The lowest BCUT2D eigenvalue weighted by atomic mass is 10.2. The summed E-state index contributed by atoms with van der Waals surface area (Å²) in [6, 6.07) is 3.70. The first-order valence-electron chi connectivity index (χ1n) is 6.14. The molecule has 3 N–H and O–H groups in total. The van der Waals surface area contributed by atoms with Crippen molar-refractivity contribution in [1.29, 1.82) is 0 Å². The van der Waals surface area contributed by atoms with E-state index in [4.69, 9.17) is 5.73 Å². The molecule has 1 unspecified atom stereocenters. The number of carbonyl (C=O) groups excluding carboxylic acids is 1. The van der Waals surface area contributed by atoms with Crippen LogP contribution in [0.25, 0.3) is 0 Å². The molecule has 102 valence electrons. The van der Waals surface area contributed by atoms with Gasteiger partial charge in [-0.25, -0.2) is 4.98 Å². The Kier molecular flexibility index (Phi) is 6.00. The number of hydrogen-bond acceptors (Lipinski definition) is 4. The van der Waals surface area contributed by atoms with Crippen molar-refractivity contribution in [2.75, 3.05) is 27.2 Å². The summed E-state index contributed by atoms with van der Waals surface area (Å²) in [6.07, 6.45) is 1.58. The van der Waals surface area contributed by atoms with Crippen LogP contribution in [0.1, 0.15) is 23.0 Å². The molecule has 0 aromatic carbocycles. The van der Waals surface area contributed by atoms with Gasteiger partial charge in [0.05, 0.1) is 6.54 Å². The van der Waals surface area contributed by atoms with E-state index in [1.165, 1.54) is 0 Å². The van der Waals surface area contributed by atoms with Gasteiger partial charge in [-0.2, -0.15) is 0 Å². The van der Waals surface area contributed by atoms with Crippen molar-refractivity contribution in [1.82, 2.24) is 15.2 Å². The molecular weight excluding hydrogens is 240 g/mol. The molecule has 0 fully saturated rings. The van der Waals surface area contributed by atoms with Gasteiger partial charge >= 0.3 is 0 Å². The largest absolute Gasteiger partial charge is 0.349 e. The topological polar surface area (TPSA) is 71.2 Å². The quantitative estimate of drug-likeness (QED) is 0.752. The minimum atomic E-state index is -0.174. The summed E-state index contributed by atoms with van der Waals surface area (Å²) in [5.74, 6) is 5.42. The molecule has 0 aliphatic carbocycles. The lowest BCUT2D eigenvalue weighted by Crippen LogP contribution is -2.38. The third-order valence-corrected chi connectivity index (χ3v) is 2.77. The monoisotopic (exact) mass is 260 g/mol. The standard InChI is InChI=1S/C14H20N4O/c1-11(18(2)3)9-17-14(19)13-7-6-12(10-16-13)5-4-8-15/h6-7,10-11H,8-9,15H2,1-3H3,(H,17,19). The summed E-state index contributed by atoms with van der Waals surface area (Å²) in [5.41, 5.74) is 6.43. The average Bonchev–Trinajstić information content (AvgIpc) is 2.42. The third-order valence-electron chi connectivity index (χ3n) is 2.77. The molecule has 5 nitrogen and oxygen atoms in total. The second kappa shape index (κ2) is 7.52. The number of nitrogens with two attached hydrogens (primary N) is 1. The summed E-state index contributed by atoms with van der Waals surface area (Å²) >= 11 is 0. The van der Waals surface area contributed by atoms with Gasteiger partial charge < -0.3 is 16.0 Å². The van der Waals surface area contributed by atoms with Crippen molar-refractivity contribution >= 4 is 5.91 Å². The normalized spacial score (nSPS) is 11.6. The van der Waals surface area contributed by atoms with Crippen LogP contribution in [0.15, 0.2) is 18.3 Å². The van der Waals surface area contributed by atoms with Gasteiger partial charge in [-0.1, -0.05) is 11.8 Å². The number of rotatable bonds is 4. The van der Waals surface area contributed by atoms with Crippen LogP contribution < -0.4 is 11.1 Å². The lowest BCUT2D eigenvalue weighted by molar-refractivity contribution is 0.0938. The summed E-state index contributed by atoms with van der Waals surface area (Å²) in [5, 5.41) is 2.84. The zero-order valence-corrected chi connectivity index (χ0v) is 11.6. The van der Waals surface area contributed by atoms with Gasteiger partial charge in [0.2, 0.25) is 0 Å². The Labute approximate surface area is 114 Å². The predicted molar refractivity (Wildman–Crippen MR) is 75.7 cm³/mol. The fourth-order valence-corrected chi connectivity index (χ4v) is 1.27. The van der Waals surface area contributed by atoms with Crippen molar-refractivity contribution in [3.05, 3.63) is 29.6 Å². The molecule has 0 aliphatic heterocycles. The van der Waals surface area contributed by atoms with Gasteiger partial charge in [-0.05, 0) is 33.2 Å². The third kappa shape index (κ3) is 5.08. The predicted octanol–water partition coefficient (Wildman–Crippen LogP) is 0.0717. The molecule has 19 heavy (non-hydrogen) atoms. The fourth-order valence-electron chi connectivity index (χ4n) is 1.27. The lowest BCUT2D eigenvalue weighted by Gasteiger charge is -2.19. The first kappa shape index (κ1) is 15.2. The molecule has 1 amide bonds. The molecular formula is C14H20N4O. The van der Waals surface area contributed by atoms with Crippen molar-refractivity contribution in [2.24, 2.45) is 5.73 Å². The smallest absolute Gasteiger partial charge is 0.269 e. The molecule has 0 bridgehead atoms. The first-order chi connectivity index (χ1) is 9.04. The highest BCUT2D eigenvalue weighted by Crippen LogP contribution is 1.99. The van der Waals surface area contributed by atoms with Crippen LogP contribution in [-0.4, -0.2) is 49.0 Å². The van der Waals surface area contributed by atoms with Gasteiger partial charge in [-0.15, -0.1) is 0 Å². The van der Waals surface area contributed by atoms with Crippen molar-refractivity contribution in [3.8, 4) is 11.8 Å². The van der Waals surface area contributed by atoms with E-state index in [9.17, 15) is 4.79 Å². The second-order valence-electron chi connectivity index (χ2n) is 4.46. The number of carbonyl (C=O) groups is 1. The number of amides is 1. The Morgan fingerprint density at radius 2 is 2.26 bits per heavy atom. The molecule has 1 heterocycles. The van der Waals surface area contributed by atoms with E-state index in [1.807, 2.05) is 25.9 Å². The zero-order chi connectivity index (χ0) is 14.3. The van der Waals surface area contributed by atoms with E-state index < -0.39 is 0 Å². The molecule has 0 aliphatic rings. The molecule has 0 spiro atoms. The van der Waals surface area contributed by atoms with E-state index in [1.54, 1.807) is 18.3 Å². The van der Waals surface area contributed by atoms with E-state index in [2.05, 4.69) is 22.1 Å². The molecule has 5 heteroatoms. The highest BCUT2D eigenvalue weighted by Gasteiger charge is 2.09. The maximum absolute atomic E-state index is 11.8. The van der Waals surface area contributed by atoms with E-state index in [-0.39, 0.29) is 11.9 Å². The average molecular weight is 260 g/mol. The summed E-state index contributed by atoms with van der Waals surface area (Å²) in [6.45, 7) is 2.94. The van der Waals surface area contributed by atoms with Gasteiger partial charge in [0.15, 0.2) is 0 Å². The maximum Gasteiger partial charge on any atom is 0.269 e. The highest BCUT2D eigenvalue weighted by molar-refractivity contribution is 5.92. The Balaban J connectivity index is 2.58. The van der Waals surface area contributed by atoms with Crippen molar-refractivity contribution in [2.45, 2.75) is 13.0 Å². The van der Waals surface area contributed by atoms with E-state index in [0.717, 1.165) is 5.56 Å². The Bertz CT molecular complexity index is 470. The minimum Gasteiger partial charge on any atom is -0.349 e. The fraction of sp³-hybridized carbons (Fsp3) is 0.429. The summed E-state index contributed by atoms with van der Waals surface area (Å²) < 4.78 is 0. The zero-order valence-electron chi connectivity index (χ0n) is 11.6. The molecule has 0 radical (unpaired) electrons. The Hall–Kier alpha value is -1.90. The molecule has 0 saturated carbocycles. The van der Waals surface area contributed by atoms with Crippen LogP contribution >= 0.6 is 0 Å². The van der Waals surface area contributed by atoms with E-state index >= 15 is 0 Å². The SMILES string of the molecule is CC(CNC(=O)c1ccc(C#CCN)cn1)N(C)C. The number of pyridine rings is 1. The molecule has 1 aromatic heterocycles. The summed E-state index contributed by atoms with van der Waals surface area (Å²) in [4.78, 5) is 18.0. The first-order valence-corrected chi connectivity index (χ1v) is 6.14. The number of aromatic nitrogens is 1. The van der Waals surface area contributed by atoms with Gasteiger partial charge in [0, 0.05) is 24.3 Å². The summed E-state index contributed by atoms with van der Waals surface area (Å²) in [7, 11) is 3.94. The number of nitrogens with zero attached hydrogens (tertiary/aromatic N) is 2. The van der Waals surface area contributed by atoms with Crippen LogP contribution in [0, 0.1) is 11.8 Å². The highest BCUT2D eigenvalue weighted by atomic mass is 16.1. The van der Waals surface area contributed by atoms with Crippen LogP contribution in [0.4, 0.5) is 0 Å². The Morgan fingerprint density at radius 1 is 1.53 bits per heavy atom. The molecule has 1 rings (SSSR count). The van der Waals surface area contributed by atoms with Crippen LogP contribution in [-0.2, 0) is 0 Å². The molecule has 1 aromatic rings. The second-order valence-corrected chi connectivity index (χ2v) is 4.46. The maximum atomic E-state index is 11.8. The van der Waals surface area contributed by atoms with Gasteiger partial charge in [0.25, 0.3) is 5.91 Å². The van der Waals surface area contributed by atoms with Crippen LogP contribution in [0.3, 0.4) is 0 Å².